The smallest absolute Gasteiger partial charge is 0.363 e. The minimum Gasteiger partial charge on any atom is -0.363 e. The summed E-state index contributed by atoms with van der Waals surface area (Å²) >= 11 is 5.06. The molecule has 0 fully saturated rings. The largest absolute Gasteiger partial charge is 0.410 e. The predicted octanol–water partition coefficient (Wildman–Crippen LogP) is 4.58. The monoisotopic (exact) mass is 482 g/mol. The van der Waals surface area contributed by atoms with Crippen LogP contribution >= 0.6 is 12.2 Å². The van der Waals surface area contributed by atoms with Crippen LogP contribution in [-0.4, -0.2) is 33.5 Å². The van der Waals surface area contributed by atoms with E-state index in [4.69, 9.17) is 12.2 Å². The SMILES string of the molecule is CCCCNC(=S)NNC(=O)c1cc2n(n1)C(C(F)(F)F)CC(c1ccc(C(C)C)cc1)N2. The highest BCUT2D eigenvalue weighted by atomic mass is 32.1. The number of benzene rings is 1. The van der Waals surface area contributed by atoms with Crippen molar-refractivity contribution in [2.24, 2.45) is 0 Å². The zero-order valence-corrected chi connectivity index (χ0v) is 19.6. The van der Waals surface area contributed by atoms with Gasteiger partial charge in [-0.3, -0.25) is 15.6 Å². The minimum atomic E-state index is -4.52. The van der Waals surface area contributed by atoms with Gasteiger partial charge in [0.1, 0.15) is 5.82 Å². The number of carbonyl (C=O) groups is 1. The van der Waals surface area contributed by atoms with E-state index in [0.29, 0.717) is 12.5 Å². The highest BCUT2D eigenvalue weighted by Gasteiger charge is 2.46. The number of rotatable bonds is 6. The molecule has 2 unspecified atom stereocenters. The van der Waals surface area contributed by atoms with Crippen molar-refractivity contribution in [3.05, 3.63) is 47.2 Å². The molecule has 1 aliphatic heterocycles. The summed E-state index contributed by atoms with van der Waals surface area (Å²) in [6.07, 6.45) is -2.85. The van der Waals surface area contributed by atoms with Gasteiger partial charge < -0.3 is 10.6 Å². The van der Waals surface area contributed by atoms with Gasteiger partial charge in [-0.1, -0.05) is 51.5 Å². The van der Waals surface area contributed by atoms with Crippen molar-refractivity contribution in [1.29, 1.82) is 0 Å². The molecule has 1 aliphatic rings. The Morgan fingerprint density at radius 3 is 2.58 bits per heavy atom. The van der Waals surface area contributed by atoms with Gasteiger partial charge in [-0.15, -0.1) is 0 Å². The van der Waals surface area contributed by atoms with Gasteiger partial charge in [0, 0.05) is 19.0 Å². The molecule has 0 aliphatic carbocycles. The Balaban J connectivity index is 1.76. The van der Waals surface area contributed by atoms with Crippen molar-refractivity contribution in [2.75, 3.05) is 11.9 Å². The molecule has 4 N–H and O–H groups in total. The number of aromatic nitrogens is 2. The molecule has 1 aromatic heterocycles. The number of hydrazine groups is 1. The number of anilines is 1. The lowest BCUT2D eigenvalue weighted by Crippen LogP contribution is -2.47. The van der Waals surface area contributed by atoms with Gasteiger partial charge in [0.05, 0.1) is 6.04 Å². The Morgan fingerprint density at radius 2 is 1.97 bits per heavy atom. The van der Waals surface area contributed by atoms with Gasteiger partial charge in [-0.05, 0) is 35.7 Å². The van der Waals surface area contributed by atoms with Crippen LogP contribution in [0.2, 0.25) is 0 Å². The third kappa shape index (κ3) is 6.16. The number of fused-ring (bicyclic) bond motifs is 1. The molecule has 0 spiro atoms. The molecule has 180 valence electrons. The van der Waals surface area contributed by atoms with E-state index in [1.165, 1.54) is 6.07 Å². The van der Waals surface area contributed by atoms with Gasteiger partial charge in [0.15, 0.2) is 16.8 Å². The average molecular weight is 483 g/mol. The quantitative estimate of drug-likeness (QED) is 0.274. The van der Waals surface area contributed by atoms with Crippen LogP contribution in [0.1, 0.15) is 79.7 Å². The van der Waals surface area contributed by atoms with Gasteiger partial charge in [0.2, 0.25) is 0 Å². The van der Waals surface area contributed by atoms with Crippen LogP contribution in [0.25, 0.3) is 0 Å². The first kappa shape index (κ1) is 24.8. The molecule has 2 heterocycles. The van der Waals surface area contributed by atoms with E-state index in [1.807, 2.05) is 31.2 Å². The summed E-state index contributed by atoms with van der Waals surface area (Å²) in [5, 5.41) is 10.2. The Labute approximate surface area is 196 Å². The summed E-state index contributed by atoms with van der Waals surface area (Å²) in [5.74, 6) is -0.223. The van der Waals surface area contributed by atoms with E-state index in [9.17, 15) is 18.0 Å². The average Bonchev–Trinajstić information content (AvgIpc) is 3.20. The summed E-state index contributed by atoms with van der Waals surface area (Å²) in [6.45, 7) is 6.80. The number of halogens is 3. The molecule has 0 bridgehead atoms. The van der Waals surface area contributed by atoms with Crippen molar-refractivity contribution in [2.45, 2.75) is 64.2 Å². The predicted molar refractivity (Wildman–Crippen MR) is 125 cm³/mol. The number of amides is 1. The molecular formula is C22H29F3N6OS. The fourth-order valence-electron chi connectivity index (χ4n) is 3.62. The summed E-state index contributed by atoms with van der Waals surface area (Å²) in [6, 6.07) is 6.45. The summed E-state index contributed by atoms with van der Waals surface area (Å²) in [5.41, 5.74) is 6.62. The fraction of sp³-hybridized carbons (Fsp3) is 0.500. The van der Waals surface area contributed by atoms with E-state index in [2.05, 4.69) is 40.4 Å². The van der Waals surface area contributed by atoms with Crippen molar-refractivity contribution >= 4 is 29.1 Å². The lowest BCUT2D eigenvalue weighted by molar-refractivity contribution is -0.173. The van der Waals surface area contributed by atoms with Crippen molar-refractivity contribution in [3.63, 3.8) is 0 Å². The van der Waals surface area contributed by atoms with Crippen LogP contribution in [-0.2, 0) is 0 Å². The molecular weight excluding hydrogens is 453 g/mol. The Hall–Kier alpha value is -2.82. The second-order valence-corrected chi connectivity index (χ2v) is 8.77. The number of thiocarbonyl (C=S) groups is 1. The maximum Gasteiger partial charge on any atom is 0.410 e. The van der Waals surface area contributed by atoms with Crippen molar-refractivity contribution < 1.29 is 18.0 Å². The van der Waals surface area contributed by atoms with E-state index >= 15 is 0 Å². The second-order valence-electron chi connectivity index (χ2n) is 8.36. The van der Waals surface area contributed by atoms with Gasteiger partial charge >= 0.3 is 6.18 Å². The number of hydrogen-bond donors (Lipinski definition) is 4. The molecule has 0 saturated heterocycles. The van der Waals surface area contributed by atoms with E-state index in [1.54, 1.807) is 0 Å². The van der Waals surface area contributed by atoms with Crippen LogP contribution in [0, 0.1) is 0 Å². The number of nitrogens with one attached hydrogen (secondary N) is 4. The zero-order chi connectivity index (χ0) is 24.2. The summed E-state index contributed by atoms with van der Waals surface area (Å²) in [7, 11) is 0. The Bertz CT molecular complexity index is 974. The number of unbranched alkanes of at least 4 members (excludes halogenated alkanes) is 1. The van der Waals surface area contributed by atoms with E-state index in [-0.39, 0.29) is 23.0 Å². The topological polar surface area (TPSA) is 83.0 Å². The van der Waals surface area contributed by atoms with Crippen molar-refractivity contribution in [1.82, 2.24) is 25.9 Å². The third-order valence-corrected chi connectivity index (χ3v) is 5.78. The van der Waals surface area contributed by atoms with Gasteiger partial charge in [0.25, 0.3) is 5.91 Å². The third-order valence-electron chi connectivity index (χ3n) is 5.53. The normalized spacial score (nSPS) is 17.8. The molecule has 1 aromatic carbocycles. The minimum absolute atomic E-state index is 0.135. The molecule has 33 heavy (non-hydrogen) atoms. The molecule has 2 aromatic rings. The molecule has 7 nitrogen and oxygen atoms in total. The molecule has 2 atom stereocenters. The van der Waals surface area contributed by atoms with Crippen LogP contribution in [0.4, 0.5) is 19.0 Å². The first-order chi connectivity index (χ1) is 15.6. The second kappa shape index (κ2) is 10.4. The number of carbonyl (C=O) groups excluding carboxylic acids is 1. The molecule has 11 heteroatoms. The van der Waals surface area contributed by atoms with E-state index in [0.717, 1.165) is 28.7 Å². The summed E-state index contributed by atoms with van der Waals surface area (Å²) < 4.78 is 42.4. The Kier molecular flexibility index (Phi) is 7.83. The fourth-order valence-corrected chi connectivity index (χ4v) is 3.77. The first-order valence-corrected chi connectivity index (χ1v) is 11.4. The Morgan fingerprint density at radius 1 is 1.27 bits per heavy atom. The molecule has 0 saturated carbocycles. The maximum absolute atomic E-state index is 13.9. The van der Waals surface area contributed by atoms with Gasteiger partial charge in [-0.25, -0.2) is 4.68 Å². The molecule has 1 amide bonds. The molecule has 0 radical (unpaired) electrons. The lowest BCUT2D eigenvalue weighted by atomic mass is 9.94. The highest BCUT2D eigenvalue weighted by molar-refractivity contribution is 7.80. The zero-order valence-electron chi connectivity index (χ0n) is 18.8. The number of alkyl halides is 3. The maximum atomic E-state index is 13.9. The lowest BCUT2D eigenvalue weighted by Gasteiger charge is -2.33. The standard InChI is InChI=1S/C22H29F3N6OS/c1-4-5-10-26-21(33)29-28-20(32)17-12-19-27-16(11-18(22(23,24)25)31(19)30-17)15-8-6-14(7-9-15)13(2)3/h6-9,12-13,16,18,27H,4-5,10-11H2,1-3H3,(H,28,32)(H2,26,29,33). The van der Waals surface area contributed by atoms with Gasteiger partial charge in [-0.2, -0.15) is 18.3 Å². The van der Waals surface area contributed by atoms with E-state index < -0.39 is 24.2 Å². The molecule has 3 rings (SSSR count). The van der Waals surface area contributed by atoms with Crippen LogP contribution < -0.4 is 21.5 Å². The first-order valence-electron chi connectivity index (χ1n) is 11.0. The van der Waals surface area contributed by atoms with Crippen LogP contribution in [0.5, 0.6) is 0 Å². The van der Waals surface area contributed by atoms with Crippen molar-refractivity contribution in [3.8, 4) is 0 Å². The van der Waals surface area contributed by atoms with Crippen LogP contribution in [0.3, 0.4) is 0 Å². The van der Waals surface area contributed by atoms with Crippen LogP contribution in [0.15, 0.2) is 30.3 Å². The number of nitrogens with zero attached hydrogens (tertiary/aromatic N) is 2. The summed E-state index contributed by atoms with van der Waals surface area (Å²) in [4.78, 5) is 12.5. The number of hydrogen-bond acceptors (Lipinski definition) is 4. The highest BCUT2D eigenvalue weighted by Crippen LogP contribution is 2.43.